The van der Waals surface area contributed by atoms with Crippen molar-refractivity contribution < 1.29 is 27.5 Å². The number of phenols is 1. The fraction of sp³-hybridized carbons (Fsp3) is 0.143. The maximum atomic E-state index is 12.3. The summed E-state index contributed by atoms with van der Waals surface area (Å²) < 4.78 is 11.6. The average Bonchev–Trinajstić information content (AvgIpc) is 3.76. The number of hydrogen-bond donors (Lipinski definition) is 1. The van der Waals surface area contributed by atoms with Crippen LogP contribution in [0.25, 0.3) is 95.0 Å². The van der Waals surface area contributed by atoms with E-state index >= 15 is 0 Å². The molecule has 10 aromatic rings. The van der Waals surface area contributed by atoms with Gasteiger partial charge in [-0.3, -0.25) is 9.55 Å². The van der Waals surface area contributed by atoms with Gasteiger partial charge in [0.1, 0.15) is 11.6 Å². The van der Waals surface area contributed by atoms with Gasteiger partial charge in [0.15, 0.2) is 0 Å². The van der Waals surface area contributed by atoms with E-state index in [-0.39, 0.29) is 38.7 Å². The van der Waals surface area contributed by atoms with E-state index in [1.54, 1.807) is 0 Å². The average molecular weight is 1070 g/mol. The van der Waals surface area contributed by atoms with Crippen LogP contribution in [0.15, 0.2) is 194 Å². The summed E-state index contributed by atoms with van der Waals surface area (Å²) >= 11 is 0. The summed E-state index contributed by atoms with van der Waals surface area (Å²) in [6.07, 6.45) is 1.88. The van der Waals surface area contributed by atoms with Crippen molar-refractivity contribution in [2.24, 2.45) is 0 Å². The molecule has 338 valence electrons. The number of benzene rings is 8. The number of para-hydroxylation sites is 1. The van der Waals surface area contributed by atoms with Gasteiger partial charge in [-0.2, -0.15) is 0 Å². The second kappa shape index (κ2) is 19.6. The Morgan fingerprint density at radius 1 is 0.500 bits per heavy atom. The summed E-state index contributed by atoms with van der Waals surface area (Å²) in [5.41, 5.74) is 18.2. The minimum Gasteiger partial charge on any atom is -0.507 e. The smallest absolute Gasteiger partial charge is 0.148 e. The zero-order valence-electron chi connectivity index (χ0n) is 40.2. The first-order valence-corrected chi connectivity index (χ1v) is 23.3. The van der Waals surface area contributed by atoms with Crippen LogP contribution in [0, 0.1) is 6.07 Å². The van der Waals surface area contributed by atoms with Crippen molar-refractivity contribution in [1.82, 2.24) is 14.5 Å². The molecule has 0 aliphatic heterocycles. The van der Waals surface area contributed by atoms with Gasteiger partial charge in [-0.25, -0.2) is 4.98 Å². The van der Waals surface area contributed by atoms with Crippen LogP contribution in [0.2, 0.25) is 0 Å². The Morgan fingerprint density at radius 2 is 1.10 bits per heavy atom. The quantitative estimate of drug-likeness (QED) is 0.131. The van der Waals surface area contributed by atoms with E-state index in [1.807, 2.05) is 50.4 Å². The van der Waals surface area contributed by atoms with Crippen molar-refractivity contribution in [3.05, 3.63) is 217 Å². The van der Waals surface area contributed by atoms with E-state index in [0.29, 0.717) is 11.4 Å². The zero-order valence-corrected chi connectivity index (χ0v) is 41.5. The molecular formula is C63H54N3OPt-. The number of aromatic hydroxyl groups is 1. The molecule has 0 radical (unpaired) electrons. The van der Waals surface area contributed by atoms with Gasteiger partial charge >= 0.3 is 0 Å². The third kappa shape index (κ3) is 9.02. The van der Waals surface area contributed by atoms with Crippen molar-refractivity contribution in [2.45, 2.75) is 59.3 Å². The molecule has 0 atom stereocenters. The predicted octanol–water partition coefficient (Wildman–Crippen LogP) is 17.0. The van der Waals surface area contributed by atoms with Gasteiger partial charge in [0.05, 0.1) is 16.6 Å². The summed E-state index contributed by atoms with van der Waals surface area (Å²) in [4.78, 5) is 10.5. The van der Waals surface area contributed by atoms with Gasteiger partial charge in [-0.15, -0.1) is 23.8 Å². The normalized spacial score (nSPS) is 11.8. The molecule has 0 fully saturated rings. The first-order valence-electron chi connectivity index (χ1n) is 23.8. The van der Waals surface area contributed by atoms with Crippen molar-refractivity contribution in [3.8, 4) is 89.7 Å². The van der Waals surface area contributed by atoms with Crippen LogP contribution >= 0.6 is 0 Å². The summed E-state index contributed by atoms with van der Waals surface area (Å²) in [6, 6.07) is 69.2. The second-order valence-electron chi connectivity index (χ2n) is 18.3. The molecule has 2 heterocycles. The molecular weight excluding hydrogens is 1010 g/mol. The molecule has 0 saturated heterocycles. The van der Waals surface area contributed by atoms with E-state index in [2.05, 4.69) is 196 Å². The Morgan fingerprint density at radius 3 is 1.74 bits per heavy atom. The number of hydrogen-bond acceptors (Lipinski definition) is 3. The fourth-order valence-electron chi connectivity index (χ4n) is 9.23. The molecule has 68 heavy (non-hydrogen) atoms. The Hall–Kier alpha value is -7.13. The van der Waals surface area contributed by atoms with E-state index in [1.165, 1.54) is 11.1 Å². The first kappa shape index (κ1) is 44.7. The Labute approximate surface area is 416 Å². The molecule has 5 heteroatoms. The molecule has 8 aromatic carbocycles. The minimum absolute atomic E-state index is 0. The number of aromatic nitrogens is 3. The van der Waals surface area contributed by atoms with Crippen LogP contribution in [0.3, 0.4) is 0 Å². The third-order valence-electron chi connectivity index (χ3n) is 12.9. The van der Waals surface area contributed by atoms with Gasteiger partial charge in [0, 0.05) is 40.0 Å². The van der Waals surface area contributed by atoms with Crippen LogP contribution in [0.1, 0.15) is 77.3 Å². The Balaban J connectivity index is 0.00000593. The summed E-state index contributed by atoms with van der Waals surface area (Å²) in [7, 11) is 0. The number of pyridine rings is 1. The van der Waals surface area contributed by atoms with Crippen LogP contribution in [0.4, 0.5) is 0 Å². The van der Waals surface area contributed by atoms with Gasteiger partial charge < -0.3 is 5.11 Å². The van der Waals surface area contributed by atoms with Crippen LogP contribution in [-0.2, 0) is 21.1 Å². The van der Waals surface area contributed by atoms with E-state index in [0.717, 1.165) is 89.2 Å². The maximum absolute atomic E-state index is 12.3. The Kier molecular flexibility index (Phi) is 12.9. The van der Waals surface area contributed by atoms with Gasteiger partial charge in [0.25, 0.3) is 0 Å². The molecule has 0 spiro atoms. The van der Waals surface area contributed by atoms with E-state index < -0.39 is 5.89 Å². The largest absolute Gasteiger partial charge is 0.507 e. The second-order valence-corrected chi connectivity index (χ2v) is 18.3. The SMILES string of the molecule is [2H]C(C)(C)c1cc(-n2c(-c3cc(C(C)C)cc(C(C)C)c3O)nc3c(-c4[c-]c(-c5cc(-c6ccc(-c7ccccc7)cc6)ccn5)cc(-c5ccccc5)c4)cccc32)ccc1-c1ccccc1.[Pt]. The monoisotopic (exact) mass is 1060 g/mol. The van der Waals surface area contributed by atoms with Crippen molar-refractivity contribution in [1.29, 1.82) is 0 Å². The number of fused-ring (bicyclic) bond motifs is 1. The summed E-state index contributed by atoms with van der Waals surface area (Å²) in [5.74, 6) is 0.229. The molecule has 0 aliphatic rings. The number of rotatable bonds is 11. The number of imidazole rings is 1. The molecule has 0 unspecified atom stereocenters. The number of nitrogens with zero attached hydrogens (tertiary/aromatic N) is 3. The van der Waals surface area contributed by atoms with Crippen molar-refractivity contribution >= 4 is 11.0 Å². The minimum atomic E-state index is -0.923. The fourth-order valence-corrected chi connectivity index (χ4v) is 9.23. The van der Waals surface area contributed by atoms with Crippen molar-refractivity contribution in [3.63, 3.8) is 0 Å². The summed E-state index contributed by atoms with van der Waals surface area (Å²) in [5, 5.41) is 12.3. The molecule has 10 rings (SSSR count). The molecule has 4 nitrogen and oxygen atoms in total. The van der Waals surface area contributed by atoms with Crippen molar-refractivity contribution in [2.75, 3.05) is 0 Å². The van der Waals surface area contributed by atoms with Gasteiger partial charge in [0.2, 0.25) is 0 Å². The van der Waals surface area contributed by atoms with Gasteiger partial charge in [-0.05, 0) is 104 Å². The van der Waals surface area contributed by atoms with Crippen LogP contribution in [-0.4, -0.2) is 19.6 Å². The topological polar surface area (TPSA) is 50.9 Å². The summed E-state index contributed by atoms with van der Waals surface area (Å²) in [6.45, 7) is 12.5. The molecule has 0 aliphatic carbocycles. The molecule has 2 aromatic heterocycles. The standard InChI is InChI=1S/C63H54N3O.Pt/c1-40(2)49-36-57(42(5)6)62(67)58(37-49)63-65-61-55(23-16-24-60(61)66(63)53-29-30-54(56(39-53)41(3)4)47-21-14-9-15-22-47)51-33-50(44-19-12-8-13-20-44)34-52(35-51)59-38-48(31-32-64-59)46-27-25-45(26-28-46)43-17-10-7-11-18-43;/h7-34,36-42,67H,1-6H3;/q-1;/i41D;. The maximum Gasteiger partial charge on any atom is 0.148 e. The van der Waals surface area contributed by atoms with Crippen LogP contribution < -0.4 is 0 Å². The molecule has 0 bridgehead atoms. The van der Waals surface area contributed by atoms with Crippen LogP contribution in [0.5, 0.6) is 5.75 Å². The number of phenolic OH excluding ortho intramolecular Hbond substituents is 1. The van der Waals surface area contributed by atoms with Gasteiger partial charge in [-0.1, -0.05) is 204 Å². The molecule has 1 N–H and O–H groups in total. The van der Waals surface area contributed by atoms with E-state index in [4.69, 9.17) is 9.97 Å². The third-order valence-corrected chi connectivity index (χ3v) is 12.9. The zero-order chi connectivity index (χ0) is 47.1. The van der Waals surface area contributed by atoms with E-state index in [9.17, 15) is 6.48 Å². The molecule has 0 saturated carbocycles. The Bertz CT molecular complexity index is 3430. The first-order chi connectivity index (χ1) is 32.9. The molecule has 0 amide bonds. The predicted molar refractivity (Wildman–Crippen MR) is 280 cm³/mol.